The van der Waals surface area contributed by atoms with Crippen LogP contribution in [0.3, 0.4) is 0 Å². The number of rotatable bonds is 4. The van der Waals surface area contributed by atoms with Gasteiger partial charge in [0.25, 0.3) is 0 Å². The quantitative estimate of drug-likeness (QED) is 0.775. The first-order valence-electron chi connectivity index (χ1n) is 6.29. The first kappa shape index (κ1) is 15.6. The Kier molecular flexibility index (Phi) is 4.22. The molecule has 0 heterocycles. The number of carbonyl (C=O) groups excluding carboxylic acids is 1. The van der Waals surface area contributed by atoms with Crippen molar-refractivity contribution in [2.45, 2.75) is 39.3 Å². The van der Waals surface area contributed by atoms with Crippen LogP contribution in [0, 0.1) is 0 Å². The van der Waals surface area contributed by atoms with Crippen molar-refractivity contribution in [2.75, 3.05) is 13.2 Å². The van der Waals surface area contributed by atoms with E-state index >= 15 is 0 Å². The predicted octanol–water partition coefficient (Wildman–Crippen LogP) is 1.90. The summed E-state index contributed by atoms with van der Waals surface area (Å²) in [7, 11) is -3.62. The maximum Gasteiger partial charge on any atom is 0.177 e. The van der Waals surface area contributed by atoms with Crippen LogP contribution in [0.4, 0.5) is 0 Å². The van der Waals surface area contributed by atoms with E-state index in [0.717, 1.165) is 10.4 Å². The lowest BCUT2D eigenvalue weighted by Crippen LogP contribution is -2.35. The fourth-order valence-corrected chi connectivity index (χ4v) is 6.64. The summed E-state index contributed by atoms with van der Waals surface area (Å²) in [6.45, 7) is 12.4. The average molecular weight is 285 g/mol. The summed E-state index contributed by atoms with van der Waals surface area (Å²) in [6.07, 6.45) is 0. The monoisotopic (exact) mass is 284 g/mol. The molecule has 3 nitrogen and oxygen atoms in total. The highest BCUT2D eigenvalue weighted by Gasteiger charge is 2.42. The molecule has 0 aromatic carbocycles. The van der Waals surface area contributed by atoms with E-state index in [-0.39, 0.29) is 19.0 Å². The molecule has 0 fully saturated rings. The summed E-state index contributed by atoms with van der Waals surface area (Å²) in [6, 6.07) is 0. The van der Waals surface area contributed by atoms with Crippen molar-refractivity contribution in [3.05, 3.63) is 21.5 Å². The fourth-order valence-electron chi connectivity index (χ4n) is 2.64. The molecule has 0 spiro atoms. The molecule has 1 aliphatic rings. The highest BCUT2D eigenvalue weighted by Crippen LogP contribution is 2.38. The third-order valence-corrected chi connectivity index (χ3v) is 7.30. The molecule has 0 unspecified atom stereocenters. The Balaban J connectivity index is 3.51. The zero-order valence-electron chi connectivity index (χ0n) is 12.2. The van der Waals surface area contributed by atoms with Crippen molar-refractivity contribution >= 4 is 21.9 Å². The number of aliphatic hydroxyl groups is 2. The van der Waals surface area contributed by atoms with Crippen LogP contribution in [0.5, 0.6) is 0 Å². The Morgan fingerprint density at radius 1 is 0.778 bits per heavy atom. The molecule has 18 heavy (non-hydrogen) atoms. The fraction of sp³-hybridized carbons (Fsp3) is 0.615. The molecule has 0 saturated carbocycles. The number of ketones is 1. The van der Waals surface area contributed by atoms with Crippen LogP contribution in [0.1, 0.15) is 0 Å². The summed E-state index contributed by atoms with van der Waals surface area (Å²) in [5.41, 5.74) is 1.41. The number of carbonyl (C=O) groups is 1. The summed E-state index contributed by atoms with van der Waals surface area (Å²) >= 11 is 0. The minimum absolute atomic E-state index is 0.0985. The van der Waals surface area contributed by atoms with Crippen LogP contribution in [0.25, 0.3) is 0 Å². The molecule has 0 atom stereocenters. The molecule has 0 amide bonds. The first-order chi connectivity index (χ1) is 8.05. The highest BCUT2D eigenvalue weighted by molar-refractivity contribution is 6.94. The minimum Gasteiger partial charge on any atom is -0.392 e. The van der Waals surface area contributed by atoms with Gasteiger partial charge in [-0.2, -0.15) is 0 Å². The van der Waals surface area contributed by atoms with Crippen LogP contribution in [-0.2, 0) is 4.79 Å². The van der Waals surface area contributed by atoms with E-state index in [9.17, 15) is 15.0 Å². The van der Waals surface area contributed by atoms with Gasteiger partial charge >= 0.3 is 0 Å². The number of Topliss-reactive ketones (excluding diaryl/α,β-unsaturated/α-hetero) is 1. The maximum absolute atomic E-state index is 12.7. The second-order valence-corrected chi connectivity index (χ2v) is 16.9. The second kappa shape index (κ2) is 4.88. The maximum atomic E-state index is 12.7. The van der Waals surface area contributed by atoms with Gasteiger partial charge < -0.3 is 10.2 Å². The van der Waals surface area contributed by atoms with Crippen molar-refractivity contribution in [1.29, 1.82) is 0 Å². The van der Waals surface area contributed by atoms with Gasteiger partial charge in [-0.25, -0.2) is 0 Å². The summed E-state index contributed by atoms with van der Waals surface area (Å²) in [5, 5.41) is 20.8. The lowest BCUT2D eigenvalue weighted by molar-refractivity contribution is -0.111. The molecule has 0 bridgehead atoms. The standard InChI is InChI=1S/C13H24O3Si2/c1-17(2,3)12-9(7-14)10(8-15)13(11(12)16)18(4,5)6/h14-15H,7-8H2,1-6H3. The van der Waals surface area contributed by atoms with E-state index in [4.69, 9.17) is 0 Å². The van der Waals surface area contributed by atoms with E-state index in [1.807, 2.05) is 0 Å². The molecule has 0 aromatic heterocycles. The van der Waals surface area contributed by atoms with Crippen molar-refractivity contribution in [3.63, 3.8) is 0 Å². The molecule has 1 rings (SSSR count). The van der Waals surface area contributed by atoms with Crippen molar-refractivity contribution in [2.24, 2.45) is 0 Å². The van der Waals surface area contributed by atoms with Crippen LogP contribution < -0.4 is 0 Å². The van der Waals surface area contributed by atoms with Crippen molar-refractivity contribution < 1.29 is 15.0 Å². The third-order valence-electron chi connectivity index (χ3n) is 3.24. The summed E-state index contributed by atoms with van der Waals surface area (Å²) in [4.78, 5) is 12.7. The van der Waals surface area contributed by atoms with Gasteiger partial charge in [-0.3, -0.25) is 4.79 Å². The third kappa shape index (κ3) is 2.59. The largest absolute Gasteiger partial charge is 0.392 e. The van der Waals surface area contributed by atoms with Gasteiger partial charge in [0.2, 0.25) is 0 Å². The van der Waals surface area contributed by atoms with Gasteiger partial charge in [-0.15, -0.1) is 0 Å². The predicted molar refractivity (Wildman–Crippen MR) is 79.9 cm³/mol. The van der Waals surface area contributed by atoms with Crippen molar-refractivity contribution in [3.8, 4) is 0 Å². The van der Waals surface area contributed by atoms with Gasteiger partial charge in [-0.1, -0.05) is 39.3 Å². The zero-order valence-corrected chi connectivity index (χ0v) is 14.2. The van der Waals surface area contributed by atoms with E-state index in [1.165, 1.54) is 0 Å². The molecule has 102 valence electrons. The lowest BCUT2D eigenvalue weighted by Gasteiger charge is -2.22. The van der Waals surface area contributed by atoms with Gasteiger partial charge in [0, 0.05) is 0 Å². The Labute approximate surface area is 111 Å². The van der Waals surface area contributed by atoms with E-state index in [0.29, 0.717) is 11.1 Å². The normalized spacial score (nSPS) is 18.1. The Morgan fingerprint density at radius 2 is 1.06 bits per heavy atom. The number of hydrogen-bond donors (Lipinski definition) is 2. The van der Waals surface area contributed by atoms with Gasteiger partial charge in [0.15, 0.2) is 5.78 Å². The number of allylic oxidation sites excluding steroid dienone is 2. The molecule has 5 heteroatoms. The van der Waals surface area contributed by atoms with Crippen molar-refractivity contribution in [1.82, 2.24) is 0 Å². The van der Waals surface area contributed by atoms with E-state index in [1.54, 1.807) is 0 Å². The topological polar surface area (TPSA) is 57.5 Å². The second-order valence-electron chi connectivity index (χ2n) is 6.85. The molecule has 2 N–H and O–H groups in total. The molecule has 1 aliphatic carbocycles. The molecular formula is C13H24O3Si2. The van der Waals surface area contributed by atoms with Gasteiger partial charge in [-0.05, 0) is 21.5 Å². The zero-order chi connectivity index (χ0) is 14.3. The van der Waals surface area contributed by atoms with Gasteiger partial charge in [0.05, 0.1) is 29.4 Å². The first-order valence-corrected chi connectivity index (χ1v) is 13.3. The highest BCUT2D eigenvalue weighted by atomic mass is 28.3. The summed E-state index contributed by atoms with van der Waals surface area (Å²) in [5.74, 6) is 0.0985. The lowest BCUT2D eigenvalue weighted by atomic mass is 10.1. The Morgan fingerprint density at radius 3 is 1.22 bits per heavy atom. The van der Waals surface area contributed by atoms with Crippen LogP contribution in [0.15, 0.2) is 21.5 Å². The molecule has 0 aromatic rings. The Bertz CT molecular complexity index is 394. The van der Waals surface area contributed by atoms with Gasteiger partial charge in [0.1, 0.15) is 0 Å². The molecule has 0 aliphatic heterocycles. The van der Waals surface area contributed by atoms with Crippen LogP contribution in [0.2, 0.25) is 39.3 Å². The molecule has 0 radical (unpaired) electrons. The van der Waals surface area contributed by atoms with E-state index < -0.39 is 16.1 Å². The van der Waals surface area contributed by atoms with Crippen LogP contribution in [-0.4, -0.2) is 45.4 Å². The Hall–Kier alpha value is -0.496. The number of aliphatic hydroxyl groups excluding tert-OH is 2. The average Bonchev–Trinajstić information content (AvgIpc) is 2.48. The molecular weight excluding hydrogens is 260 g/mol. The SMILES string of the molecule is C[Si](C)(C)C1=C(CO)C(CO)=C([Si](C)(C)C)C1=O. The molecule has 0 saturated heterocycles. The minimum atomic E-state index is -1.81. The van der Waals surface area contributed by atoms with E-state index in [2.05, 4.69) is 39.3 Å². The smallest absolute Gasteiger partial charge is 0.177 e. The number of hydrogen-bond acceptors (Lipinski definition) is 3. The van der Waals surface area contributed by atoms with Crippen LogP contribution >= 0.6 is 0 Å². The summed E-state index contributed by atoms with van der Waals surface area (Å²) < 4.78 is 0.